The fourth-order valence-corrected chi connectivity index (χ4v) is 4.40. The van der Waals surface area contributed by atoms with Gasteiger partial charge in [0.1, 0.15) is 0 Å². The second kappa shape index (κ2) is 11.1. The van der Waals surface area contributed by atoms with Crippen LogP contribution in [0.4, 0.5) is 5.00 Å². The van der Waals surface area contributed by atoms with Gasteiger partial charge in [-0.15, -0.1) is 11.3 Å². The lowest BCUT2D eigenvalue weighted by Crippen LogP contribution is -2.49. The largest absolute Gasteiger partial charge is 0.363 e. The van der Waals surface area contributed by atoms with E-state index in [1.807, 2.05) is 18.4 Å². The van der Waals surface area contributed by atoms with Crippen molar-refractivity contribution in [1.29, 1.82) is 0 Å². The van der Waals surface area contributed by atoms with Crippen molar-refractivity contribution in [2.75, 3.05) is 45.2 Å². The molecule has 2 N–H and O–H groups in total. The van der Waals surface area contributed by atoms with Crippen molar-refractivity contribution in [1.82, 2.24) is 15.5 Å². The number of aliphatic imine (C=N–C) groups is 1. The van der Waals surface area contributed by atoms with Gasteiger partial charge in [-0.05, 0) is 55.9 Å². The number of nitrogens with zero attached hydrogens (tertiary/aromatic N) is 3. The van der Waals surface area contributed by atoms with Crippen LogP contribution in [-0.4, -0.2) is 57.2 Å². The third-order valence-electron chi connectivity index (χ3n) is 5.18. The maximum Gasteiger partial charge on any atom is 0.191 e. The van der Waals surface area contributed by atoms with Crippen molar-refractivity contribution < 1.29 is 0 Å². The molecule has 6 heteroatoms. The van der Waals surface area contributed by atoms with Crippen LogP contribution >= 0.6 is 11.3 Å². The van der Waals surface area contributed by atoms with Crippen molar-refractivity contribution in [2.24, 2.45) is 4.99 Å². The van der Waals surface area contributed by atoms with Crippen LogP contribution in [0.2, 0.25) is 0 Å². The predicted octanol–water partition coefficient (Wildman–Crippen LogP) is 3.40. The summed E-state index contributed by atoms with van der Waals surface area (Å²) in [7, 11) is 4.04. The summed E-state index contributed by atoms with van der Waals surface area (Å²) < 4.78 is 0. The molecule has 0 unspecified atom stereocenters. The van der Waals surface area contributed by atoms with Crippen LogP contribution in [0.3, 0.4) is 0 Å². The Balaban J connectivity index is 1.30. The minimum Gasteiger partial charge on any atom is -0.363 e. The smallest absolute Gasteiger partial charge is 0.191 e. The van der Waals surface area contributed by atoms with E-state index in [4.69, 9.17) is 0 Å². The summed E-state index contributed by atoms with van der Waals surface area (Å²) in [5.41, 5.74) is 1.37. The Morgan fingerprint density at radius 2 is 1.96 bits per heavy atom. The standard InChI is InChI=1S/C22H33N5S/c1-23-22(24-13-7-14-26(2)18-19-8-4-3-5-9-19)25-20-11-15-27(16-12-20)21-10-6-17-28-21/h3-6,8-10,17,20H,7,11-16,18H2,1-2H3,(H2,23,24,25). The van der Waals surface area contributed by atoms with E-state index in [-0.39, 0.29) is 0 Å². The Labute approximate surface area is 173 Å². The molecule has 0 aliphatic carbocycles. The molecule has 1 aromatic heterocycles. The highest BCUT2D eigenvalue weighted by atomic mass is 32.1. The zero-order valence-corrected chi connectivity index (χ0v) is 17.9. The number of hydrogen-bond donors (Lipinski definition) is 2. The van der Waals surface area contributed by atoms with E-state index in [0.29, 0.717) is 6.04 Å². The molecule has 2 aromatic rings. The molecule has 0 radical (unpaired) electrons. The van der Waals surface area contributed by atoms with Crippen molar-refractivity contribution in [2.45, 2.75) is 31.8 Å². The molecule has 0 bridgehead atoms. The van der Waals surface area contributed by atoms with E-state index in [2.05, 4.69) is 80.3 Å². The first-order chi connectivity index (χ1) is 13.7. The summed E-state index contributed by atoms with van der Waals surface area (Å²) in [5, 5.41) is 10.6. The van der Waals surface area contributed by atoms with E-state index >= 15 is 0 Å². The number of anilines is 1. The maximum absolute atomic E-state index is 4.40. The normalized spacial score (nSPS) is 15.8. The molecule has 3 rings (SSSR count). The van der Waals surface area contributed by atoms with Gasteiger partial charge in [0.15, 0.2) is 5.96 Å². The van der Waals surface area contributed by atoms with Crippen molar-refractivity contribution >= 4 is 22.3 Å². The predicted molar refractivity (Wildman–Crippen MR) is 121 cm³/mol. The minimum absolute atomic E-state index is 0.503. The quantitative estimate of drug-likeness (QED) is 0.406. The van der Waals surface area contributed by atoms with E-state index in [1.54, 1.807) is 0 Å². The SMILES string of the molecule is CN=C(NCCCN(C)Cc1ccccc1)NC1CCN(c2cccs2)CC1. The van der Waals surface area contributed by atoms with Crippen LogP contribution in [0, 0.1) is 0 Å². The highest BCUT2D eigenvalue weighted by molar-refractivity contribution is 7.14. The second-order valence-corrected chi connectivity index (χ2v) is 8.36. The molecule has 0 spiro atoms. The number of piperidine rings is 1. The number of guanidine groups is 1. The molecule has 0 saturated carbocycles. The molecule has 1 aromatic carbocycles. The molecule has 152 valence electrons. The first-order valence-electron chi connectivity index (χ1n) is 10.2. The number of rotatable bonds is 8. The lowest BCUT2D eigenvalue weighted by Gasteiger charge is -2.33. The zero-order valence-electron chi connectivity index (χ0n) is 17.1. The lowest BCUT2D eigenvalue weighted by molar-refractivity contribution is 0.322. The van der Waals surface area contributed by atoms with Crippen LogP contribution in [0.1, 0.15) is 24.8 Å². The number of benzene rings is 1. The van der Waals surface area contributed by atoms with Gasteiger partial charge in [0.05, 0.1) is 5.00 Å². The van der Waals surface area contributed by atoms with Gasteiger partial charge in [-0.25, -0.2) is 0 Å². The molecule has 2 heterocycles. The van der Waals surface area contributed by atoms with E-state index in [9.17, 15) is 0 Å². The first kappa shape index (κ1) is 20.7. The number of hydrogen-bond acceptors (Lipinski definition) is 4. The zero-order chi connectivity index (χ0) is 19.6. The van der Waals surface area contributed by atoms with Gasteiger partial charge in [-0.3, -0.25) is 4.99 Å². The number of thiophene rings is 1. The summed E-state index contributed by atoms with van der Waals surface area (Å²) in [6, 6.07) is 15.5. The van der Waals surface area contributed by atoms with Gasteiger partial charge < -0.3 is 20.4 Å². The van der Waals surface area contributed by atoms with E-state index < -0.39 is 0 Å². The van der Waals surface area contributed by atoms with Gasteiger partial charge in [0.25, 0.3) is 0 Å². The van der Waals surface area contributed by atoms with Gasteiger partial charge in [0, 0.05) is 39.3 Å². The van der Waals surface area contributed by atoms with Crippen LogP contribution in [0.5, 0.6) is 0 Å². The Morgan fingerprint density at radius 3 is 2.64 bits per heavy atom. The average molecular weight is 400 g/mol. The summed E-state index contributed by atoms with van der Waals surface area (Å²) >= 11 is 1.83. The Hall–Kier alpha value is -2.05. The fourth-order valence-electron chi connectivity index (χ4n) is 3.61. The molecular weight excluding hydrogens is 366 g/mol. The third kappa shape index (κ3) is 6.53. The second-order valence-electron chi connectivity index (χ2n) is 7.43. The van der Waals surface area contributed by atoms with Crippen LogP contribution in [0.25, 0.3) is 0 Å². The van der Waals surface area contributed by atoms with Gasteiger partial charge in [-0.2, -0.15) is 0 Å². The van der Waals surface area contributed by atoms with Crippen LogP contribution in [-0.2, 0) is 6.54 Å². The lowest BCUT2D eigenvalue weighted by atomic mass is 10.1. The van der Waals surface area contributed by atoms with Crippen molar-refractivity contribution in [3.05, 3.63) is 53.4 Å². The Bertz CT molecular complexity index is 693. The van der Waals surface area contributed by atoms with Crippen molar-refractivity contribution in [3.8, 4) is 0 Å². The van der Waals surface area contributed by atoms with Crippen LogP contribution < -0.4 is 15.5 Å². The number of nitrogens with one attached hydrogen (secondary N) is 2. The topological polar surface area (TPSA) is 42.9 Å². The van der Waals surface area contributed by atoms with Gasteiger partial charge >= 0.3 is 0 Å². The first-order valence-corrected chi connectivity index (χ1v) is 11.1. The molecule has 1 fully saturated rings. The van der Waals surface area contributed by atoms with Crippen molar-refractivity contribution in [3.63, 3.8) is 0 Å². The Morgan fingerprint density at radius 1 is 1.18 bits per heavy atom. The highest BCUT2D eigenvalue weighted by Gasteiger charge is 2.20. The molecule has 1 aliphatic rings. The highest BCUT2D eigenvalue weighted by Crippen LogP contribution is 2.24. The fraction of sp³-hybridized carbons (Fsp3) is 0.500. The summed E-state index contributed by atoms with van der Waals surface area (Å²) in [6.45, 7) is 5.22. The van der Waals surface area contributed by atoms with Crippen LogP contribution in [0.15, 0.2) is 52.8 Å². The van der Waals surface area contributed by atoms with Gasteiger partial charge in [0.2, 0.25) is 0 Å². The van der Waals surface area contributed by atoms with Gasteiger partial charge in [-0.1, -0.05) is 30.3 Å². The molecule has 1 aliphatic heterocycles. The molecule has 0 atom stereocenters. The average Bonchev–Trinajstić information content (AvgIpc) is 3.26. The molecule has 1 saturated heterocycles. The Kier molecular flexibility index (Phi) is 8.18. The molecule has 0 amide bonds. The summed E-state index contributed by atoms with van der Waals surface area (Å²) in [5.74, 6) is 0.931. The summed E-state index contributed by atoms with van der Waals surface area (Å²) in [4.78, 5) is 9.26. The van der Waals surface area contributed by atoms with E-state index in [0.717, 1.165) is 57.9 Å². The molecular formula is C22H33N5S. The monoisotopic (exact) mass is 399 g/mol. The third-order valence-corrected chi connectivity index (χ3v) is 6.11. The van der Waals surface area contributed by atoms with E-state index in [1.165, 1.54) is 10.6 Å². The molecule has 5 nitrogen and oxygen atoms in total. The maximum atomic E-state index is 4.40. The minimum atomic E-state index is 0.503. The summed E-state index contributed by atoms with van der Waals surface area (Å²) in [6.07, 6.45) is 3.40. The molecule has 28 heavy (non-hydrogen) atoms.